The summed E-state index contributed by atoms with van der Waals surface area (Å²) in [5.74, 6) is 1.04. The summed E-state index contributed by atoms with van der Waals surface area (Å²) in [6, 6.07) is 0.857. The van der Waals surface area contributed by atoms with E-state index < -0.39 is 0 Å². The second-order valence-electron chi connectivity index (χ2n) is 5.48. The maximum absolute atomic E-state index is 4.56. The predicted molar refractivity (Wildman–Crippen MR) is 72.8 cm³/mol. The maximum Gasteiger partial charge on any atom is 0.147 e. The van der Waals surface area contributed by atoms with Gasteiger partial charge in [0.1, 0.15) is 5.82 Å². The second kappa shape index (κ2) is 5.22. The molecule has 1 saturated carbocycles. The largest absolute Gasteiger partial charge is 0.353 e. The molecular formula is C14H22N4. The molecule has 0 N–H and O–H groups in total. The van der Waals surface area contributed by atoms with Gasteiger partial charge in [0.05, 0.1) is 11.9 Å². The summed E-state index contributed by atoms with van der Waals surface area (Å²) in [5.41, 5.74) is 1.01. The summed E-state index contributed by atoms with van der Waals surface area (Å²) in [7, 11) is 0. The van der Waals surface area contributed by atoms with Crippen LogP contribution >= 0.6 is 0 Å². The lowest BCUT2D eigenvalue weighted by Gasteiger charge is -2.38. The smallest absolute Gasteiger partial charge is 0.147 e. The average Bonchev–Trinajstić information content (AvgIpc) is 2.93. The highest BCUT2D eigenvalue weighted by Crippen LogP contribution is 2.25. The monoisotopic (exact) mass is 246 g/mol. The van der Waals surface area contributed by atoms with Crippen molar-refractivity contribution in [2.24, 2.45) is 0 Å². The SMILES string of the molecule is Cc1cncc(N2CCN(C3CCCC3)CC2)n1. The van der Waals surface area contributed by atoms with Gasteiger partial charge in [0, 0.05) is 38.4 Å². The third-order valence-corrected chi connectivity index (χ3v) is 4.22. The van der Waals surface area contributed by atoms with E-state index in [2.05, 4.69) is 19.8 Å². The number of anilines is 1. The van der Waals surface area contributed by atoms with E-state index in [1.165, 1.54) is 38.8 Å². The molecule has 1 saturated heterocycles. The molecule has 1 aliphatic heterocycles. The van der Waals surface area contributed by atoms with Gasteiger partial charge in [-0.25, -0.2) is 4.98 Å². The maximum atomic E-state index is 4.56. The zero-order valence-corrected chi connectivity index (χ0v) is 11.2. The van der Waals surface area contributed by atoms with Crippen LogP contribution in [0.2, 0.25) is 0 Å². The van der Waals surface area contributed by atoms with E-state index in [1.807, 2.05) is 19.3 Å². The molecule has 0 radical (unpaired) electrons. The molecule has 0 bridgehead atoms. The lowest BCUT2D eigenvalue weighted by atomic mass is 10.2. The fourth-order valence-electron chi connectivity index (χ4n) is 3.19. The highest BCUT2D eigenvalue weighted by atomic mass is 15.3. The van der Waals surface area contributed by atoms with E-state index in [-0.39, 0.29) is 0 Å². The van der Waals surface area contributed by atoms with Gasteiger partial charge in [-0.2, -0.15) is 0 Å². The third-order valence-electron chi connectivity index (χ3n) is 4.22. The van der Waals surface area contributed by atoms with Crippen molar-refractivity contribution < 1.29 is 0 Å². The highest BCUT2D eigenvalue weighted by Gasteiger charge is 2.26. The standard InChI is InChI=1S/C14H22N4/c1-12-10-15-11-14(16-12)18-8-6-17(7-9-18)13-4-2-3-5-13/h10-11,13H,2-9H2,1H3. The molecule has 18 heavy (non-hydrogen) atoms. The van der Waals surface area contributed by atoms with Gasteiger partial charge in [-0.05, 0) is 19.8 Å². The van der Waals surface area contributed by atoms with Crippen LogP contribution in [0.1, 0.15) is 31.4 Å². The number of hydrogen-bond donors (Lipinski definition) is 0. The number of nitrogens with zero attached hydrogens (tertiary/aromatic N) is 4. The van der Waals surface area contributed by atoms with E-state index in [0.29, 0.717) is 0 Å². The molecular weight excluding hydrogens is 224 g/mol. The van der Waals surface area contributed by atoms with Crippen LogP contribution < -0.4 is 4.90 Å². The molecule has 3 rings (SSSR count). The molecule has 2 aliphatic rings. The van der Waals surface area contributed by atoms with Gasteiger partial charge in [0.25, 0.3) is 0 Å². The van der Waals surface area contributed by atoms with Crippen molar-refractivity contribution in [3.8, 4) is 0 Å². The summed E-state index contributed by atoms with van der Waals surface area (Å²) in [6.07, 6.45) is 9.37. The van der Waals surface area contributed by atoms with Crippen LogP contribution in [0, 0.1) is 6.92 Å². The first-order valence-corrected chi connectivity index (χ1v) is 7.10. The van der Waals surface area contributed by atoms with Gasteiger partial charge in [-0.15, -0.1) is 0 Å². The van der Waals surface area contributed by atoms with Crippen LogP contribution in [-0.4, -0.2) is 47.1 Å². The van der Waals surface area contributed by atoms with Gasteiger partial charge >= 0.3 is 0 Å². The fourth-order valence-corrected chi connectivity index (χ4v) is 3.19. The van der Waals surface area contributed by atoms with Crippen molar-refractivity contribution in [1.82, 2.24) is 14.9 Å². The summed E-state index contributed by atoms with van der Waals surface area (Å²) in [6.45, 7) is 6.55. The number of piperazine rings is 1. The normalized spacial score (nSPS) is 22.6. The van der Waals surface area contributed by atoms with Gasteiger partial charge < -0.3 is 4.90 Å². The number of hydrogen-bond acceptors (Lipinski definition) is 4. The van der Waals surface area contributed by atoms with E-state index in [1.54, 1.807) is 0 Å². The Morgan fingerprint density at radius 3 is 2.44 bits per heavy atom. The zero-order valence-electron chi connectivity index (χ0n) is 11.2. The van der Waals surface area contributed by atoms with Crippen LogP contribution in [0.3, 0.4) is 0 Å². The first-order valence-electron chi connectivity index (χ1n) is 7.10. The molecule has 1 aromatic heterocycles. The summed E-state index contributed by atoms with van der Waals surface area (Å²) >= 11 is 0. The molecule has 0 amide bonds. The summed E-state index contributed by atoms with van der Waals surface area (Å²) in [5, 5.41) is 0. The first-order chi connectivity index (χ1) is 8.83. The van der Waals surface area contributed by atoms with Crippen LogP contribution in [0.15, 0.2) is 12.4 Å². The van der Waals surface area contributed by atoms with Crippen LogP contribution in [0.4, 0.5) is 5.82 Å². The quantitative estimate of drug-likeness (QED) is 0.797. The van der Waals surface area contributed by atoms with Gasteiger partial charge in [-0.1, -0.05) is 12.8 Å². The molecule has 2 fully saturated rings. The highest BCUT2D eigenvalue weighted by molar-refractivity contribution is 5.36. The Bertz CT molecular complexity index is 393. The molecule has 1 aromatic rings. The molecule has 98 valence electrons. The Kier molecular flexibility index (Phi) is 3.46. The van der Waals surface area contributed by atoms with Crippen molar-refractivity contribution >= 4 is 5.82 Å². The Hall–Kier alpha value is -1.16. The number of rotatable bonds is 2. The average molecular weight is 246 g/mol. The van der Waals surface area contributed by atoms with Crippen molar-refractivity contribution in [2.45, 2.75) is 38.6 Å². The first kappa shape index (κ1) is 11.9. The van der Waals surface area contributed by atoms with Gasteiger partial charge in [0.15, 0.2) is 0 Å². The van der Waals surface area contributed by atoms with Crippen LogP contribution in [0.5, 0.6) is 0 Å². The van der Waals surface area contributed by atoms with Crippen LogP contribution in [0.25, 0.3) is 0 Å². The molecule has 1 aliphatic carbocycles. The van der Waals surface area contributed by atoms with E-state index in [0.717, 1.165) is 30.6 Å². The molecule has 0 atom stereocenters. The number of aryl methyl sites for hydroxylation is 1. The van der Waals surface area contributed by atoms with E-state index in [4.69, 9.17) is 0 Å². The molecule has 0 spiro atoms. The second-order valence-corrected chi connectivity index (χ2v) is 5.48. The van der Waals surface area contributed by atoms with Crippen molar-refractivity contribution in [2.75, 3.05) is 31.1 Å². The summed E-state index contributed by atoms with van der Waals surface area (Å²) < 4.78 is 0. The zero-order chi connectivity index (χ0) is 12.4. The van der Waals surface area contributed by atoms with Gasteiger partial charge in [-0.3, -0.25) is 9.88 Å². The van der Waals surface area contributed by atoms with Gasteiger partial charge in [0.2, 0.25) is 0 Å². The van der Waals surface area contributed by atoms with E-state index in [9.17, 15) is 0 Å². The fraction of sp³-hybridized carbons (Fsp3) is 0.714. The van der Waals surface area contributed by atoms with Crippen LogP contribution in [-0.2, 0) is 0 Å². The summed E-state index contributed by atoms with van der Waals surface area (Å²) in [4.78, 5) is 13.8. The number of aromatic nitrogens is 2. The molecule has 2 heterocycles. The predicted octanol–water partition coefficient (Wildman–Crippen LogP) is 1.85. The Labute approximate surface area is 109 Å². The molecule has 4 heteroatoms. The molecule has 4 nitrogen and oxygen atoms in total. The lowest BCUT2D eigenvalue weighted by Crippen LogP contribution is -2.50. The minimum Gasteiger partial charge on any atom is -0.353 e. The Morgan fingerprint density at radius 1 is 1.06 bits per heavy atom. The van der Waals surface area contributed by atoms with Crippen molar-refractivity contribution in [3.63, 3.8) is 0 Å². The minimum absolute atomic E-state index is 0.857. The topological polar surface area (TPSA) is 32.3 Å². The molecule has 0 aromatic carbocycles. The molecule has 0 unspecified atom stereocenters. The Morgan fingerprint density at radius 2 is 1.78 bits per heavy atom. The van der Waals surface area contributed by atoms with Crippen molar-refractivity contribution in [3.05, 3.63) is 18.1 Å². The Balaban J connectivity index is 1.59. The van der Waals surface area contributed by atoms with E-state index >= 15 is 0 Å². The van der Waals surface area contributed by atoms with Crippen molar-refractivity contribution in [1.29, 1.82) is 0 Å². The third kappa shape index (κ3) is 2.48. The lowest BCUT2D eigenvalue weighted by molar-refractivity contribution is 0.187. The minimum atomic E-state index is 0.857.